The molecule has 0 amide bonds. The third-order valence-electron chi connectivity index (χ3n) is 4.57. The molecule has 0 bridgehead atoms. The first kappa shape index (κ1) is 15.3. The van der Waals surface area contributed by atoms with Gasteiger partial charge in [0.25, 0.3) is 0 Å². The number of nitrogens with zero attached hydrogens (tertiary/aromatic N) is 1. The van der Waals surface area contributed by atoms with E-state index >= 15 is 0 Å². The van der Waals surface area contributed by atoms with Crippen LogP contribution >= 0.6 is 0 Å². The Bertz CT molecular complexity index is 414. The van der Waals surface area contributed by atoms with Gasteiger partial charge in [-0.2, -0.15) is 0 Å². The number of hydrogen-bond acceptors (Lipinski definition) is 3. The van der Waals surface area contributed by atoms with E-state index < -0.39 is 0 Å². The molecular formula is C17H28N2O. The molecule has 3 heteroatoms. The first-order valence-corrected chi connectivity index (χ1v) is 7.69. The molecule has 0 saturated carbocycles. The highest BCUT2D eigenvalue weighted by molar-refractivity contribution is 5.49. The second kappa shape index (κ2) is 6.59. The van der Waals surface area contributed by atoms with Gasteiger partial charge in [-0.25, -0.2) is 0 Å². The smallest absolute Gasteiger partial charge is 0.0825 e. The number of piperidine rings is 1. The van der Waals surface area contributed by atoms with Crippen LogP contribution in [0.3, 0.4) is 0 Å². The Morgan fingerprint density at radius 1 is 1.35 bits per heavy atom. The van der Waals surface area contributed by atoms with Crippen LogP contribution in [0.15, 0.2) is 24.3 Å². The summed E-state index contributed by atoms with van der Waals surface area (Å²) in [5.74, 6) is 0. The van der Waals surface area contributed by atoms with Gasteiger partial charge in [-0.05, 0) is 50.9 Å². The predicted octanol–water partition coefficient (Wildman–Crippen LogP) is 3.36. The molecule has 1 aromatic rings. The molecule has 1 heterocycles. The summed E-state index contributed by atoms with van der Waals surface area (Å²) in [6, 6.07) is 9.44. The maximum Gasteiger partial charge on any atom is 0.0825 e. The zero-order valence-corrected chi connectivity index (χ0v) is 13.3. The van der Waals surface area contributed by atoms with Crippen molar-refractivity contribution in [2.75, 3.05) is 32.1 Å². The van der Waals surface area contributed by atoms with Crippen molar-refractivity contribution in [3.63, 3.8) is 0 Å². The molecule has 2 rings (SSSR count). The van der Waals surface area contributed by atoms with Crippen molar-refractivity contribution < 1.29 is 4.74 Å². The number of hydrogen-bond donors (Lipinski definition) is 1. The molecule has 1 N–H and O–H groups in total. The van der Waals surface area contributed by atoms with Gasteiger partial charge in [0.05, 0.1) is 5.60 Å². The number of benzene rings is 1. The summed E-state index contributed by atoms with van der Waals surface area (Å²) >= 11 is 0. The topological polar surface area (TPSA) is 24.5 Å². The summed E-state index contributed by atoms with van der Waals surface area (Å²) in [5, 5.41) is 3.36. The Morgan fingerprint density at radius 3 is 2.60 bits per heavy atom. The average molecular weight is 276 g/mol. The van der Waals surface area contributed by atoms with E-state index in [4.69, 9.17) is 4.74 Å². The van der Waals surface area contributed by atoms with Gasteiger partial charge >= 0.3 is 0 Å². The number of anilines is 1. The van der Waals surface area contributed by atoms with Crippen molar-refractivity contribution in [1.82, 2.24) is 5.32 Å². The van der Waals surface area contributed by atoms with E-state index in [9.17, 15) is 0 Å². The van der Waals surface area contributed by atoms with Crippen molar-refractivity contribution in [3.05, 3.63) is 29.8 Å². The lowest BCUT2D eigenvalue weighted by atomic mass is 9.94. The quantitative estimate of drug-likeness (QED) is 0.892. The van der Waals surface area contributed by atoms with E-state index in [1.807, 2.05) is 14.2 Å². The lowest BCUT2D eigenvalue weighted by Gasteiger charge is -2.40. The van der Waals surface area contributed by atoms with Crippen molar-refractivity contribution in [3.8, 4) is 0 Å². The van der Waals surface area contributed by atoms with Crippen LogP contribution in [0.2, 0.25) is 0 Å². The van der Waals surface area contributed by atoms with Crippen LogP contribution in [0.25, 0.3) is 0 Å². The highest BCUT2D eigenvalue weighted by Gasteiger charge is 2.30. The minimum Gasteiger partial charge on any atom is -0.377 e. The van der Waals surface area contributed by atoms with E-state index in [0.717, 1.165) is 25.9 Å². The molecule has 3 nitrogen and oxygen atoms in total. The molecule has 1 aromatic carbocycles. The number of nitrogens with one attached hydrogen (secondary N) is 1. The van der Waals surface area contributed by atoms with E-state index in [0.29, 0.717) is 6.04 Å². The van der Waals surface area contributed by atoms with Crippen LogP contribution in [-0.2, 0) is 4.74 Å². The average Bonchev–Trinajstić information content (AvgIpc) is 2.49. The lowest BCUT2D eigenvalue weighted by molar-refractivity contribution is -0.00465. The van der Waals surface area contributed by atoms with Gasteiger partial charge in [0.2, 0.25) is 0 Å². The number of methoxy groups -OCH3 is 1. The molecule has 1 saturated heterocycles. The molecule has 0 aromatic heterocycles. The molecule has 112 valence electrons. The summed E-state index contributed by atoms with van der Waals surface area (Å²) in [6.07, 6.45) is 3.46. The van der Waals surface area contributed by atoms with Gasteiger partial charge in [-0.3, -0.25) is 0 Å². The van der Waals surface area contributed by atoms with E-state index in [2.05, 4.69) is 48.3 Å². The first-order chi connectivity index (χ1) is 9.61. The van der Waals surface area contributed by atoms with Crippen LogP contribution in [-0.4, -0.2) is 32.8 Å². The van der Waals surface area contributed by atoms with Gasteiger partial charge < -0.3 is 15.0 Å². The number of ether oxygens (including phenoxy) is 1. The molecule has 1 fully saturated rings. The summed E-state index contributed by atoms with van der Waals surface area (Å²) in [4.78, 5) is 2.44. The Labute approximate surface area is 123 Å². The van der Waals surface area contributed by atoms with E-state index in [-0.39, 0.29) is 5.60 Å². The highest BCUT2D eigenvalue weighted by atomic mass is 16.5. The predicted molar refractivity (Wildman–Crippen MR) is 85.4 cm³/mol. The Kier molecular flexibility index (Phi) is 5.06. The molecular weight excluding hydrogens is 248 g/mol. The zero-order valence-electron chi connectivity index (χ0n) is 13.3. The summed E-state index contributed by atoms with van der Waals surface area (Å²) in [6.45, 7) is 6.53. The van der Waals surface area contributed by atoms with Crippen LogP contribution in [0.4, 0.5) is 5.69 Å². The zero-order chi connectivity index (χ0) is 14.6. The van der Waals surface area contributed by atoms with Crippen molar-refractivity contribution in [2.45, 2.75) is 44.8 Å². The Morgan fingerprint density at radius 2 is 2.05 bits per heavy atom. The fourth-order valence-electron chi connectivity index (χ4n) is 3.12. The van der Waals surface area contributed by atoms with E-state index in [1.165, 1.54) is 17.7 Å². The number of rotatable bonds is 5. The monoisotopic (exact) mass is 276 g/mol. The molecule has 0 radical (unpaired) electrons. The van der Waals surface area contributed by atoms with Crippen molar-refractivity contribution in [2.24, 2.45) is 0 Å². The highest BCUT2D eigenvalue weighted by Crippen LogP contribution is 2.29. The molecule has 2 unspecified atom stereocenters. The SMILES string of the molecule is CCC(NC)c1ccc(N2CCCC(C)(OC)C2)cc1. The molecule has 0 spiro atoms. The van der Waals surface area contributed by atoms with Crippen LogP contribution in [0.5, 0.6) is 0 Å². The van der Waals surface area contributed by atoms with E-state index in [1.54, 1.807) is 0 Å². The maximum atomic E-state index is 5.68. The molecule has 0 aliphatic carbocycles. The first-order valence-electron chi connectivity index (χ1n) is 7.69. The second-order valence-electron chi connectivity index (χ2n) is 6.02. The fourth-order valence-corrected chi connectivity index (χ4v) is 3.12. The minimum atomic E-state index is -0.00610. The summed E-state index contributed by atoms with van der Waals surface area (Å²) in [5.41, 5.74) is 2.67. The van der Waals surface area contributed by atoms with Gasteiger partial charge in [0, 0.05) is 31.9 Å². The Hall–Kier alpha value is -1.06. The largest absolute Gasteiger partial charge is 0.377 e. The third kappa shape index (κ3) is 3.33. The van der Waals surface area contributed by atoms with Gasteiger partial charge in [0.1, 0.15) is 0 Å². The Balaban J connectivity index is 2.10. The molecule has 1 aliphatic rings. The minimum absolute atomic E-state index is 0.00610. The second-order valence-corrected chi connectivity index (χ2v) is 6.02. The van der Waals surface area contributed by atoms with Gasteiger partial charge in [0.15, 0.2) is 0 Å². The standard InChI is InChI=1S/C17H28N2O/c1-5-16(18-3)14-7-9-15(10-8-14)19-12-6-11-17(2,13-19)20-4/h7-10,16,18H,5-6,11-13H2,1-4H3. The lowest BCUT2D eigenvalue weighted by Crippen LogP contribution is -2.47. The van der Waals surface area contributed by atoms with Crippen LogP contribution < -0.4 is 10.2 Å². The van der Waals surface area contributed by atoms with Crippen molar-refractivity contribution >= 4 is 5.69 Å². The molecule has 20 heavy (non-hydrogen) atoms. The fraction of sp³-hybridized carbons (Fsp3) is 0.647. The third-order valence-corrected chi connectivity index (χ3v) is 4.57. The molecule has 1 aliphatic heterocycles. The maximum absolute atomic E-state index is 5.68. The van der Waals surface area contributed by atoms with Crippen LogP contribution in [0, 0.1) is 0 Å². The summed E-state index contributed by atoms with van der Waals surface area (Å²) in [7, 11) is 3.85. The molecule has 2 atom stereocenters. The van der Waals surface area contributed by atoms with Gasteiger partial charge in [-0.1, -0.05) is 19.1 Å². The van der Waals surface area contributed by atoms with Crippen molar-refractivity contribution in [1.29, 1.82) is 0 Å². The van der Waals surface area contributed by atoms with Crippen LogP contribution in [0.1, 0.15) is 44.7 Å². The normalized spacial score (nSPS) is 24.7. The summed E-state index contributed by atoms with van der Waals surface area (Å²) < 4.78 is 5.68. The van der Waals surface area contributed by atoms with Gasteiger partial charge in [-0.15, -0.1) is 0 Å².